The van der Waals surface area contributed by atoms with E-state index in [9.17, 15) is 0 Å². The molecule has 110 valence electrons. The van der Waals surface area contributed by atoms with Gasteiger partial charge in [-0.1, -0.05) is 12.2 Å². The minimum absolute atomic E-state index is 0.155. The fourth-order valence-electron chi connectivity index (χ4n) is 3.09. The minimum Gasteiger partial charge on any atom is -0.389 e. The van der Waals surface area contributed by atoms with E-state index in [4.69, 9.17) is 22.7 Å². The van der Waals surface area contributed by atoms with Crippen LogP contribution in [0.3, 0.4) is 0 Å². The van der Waals surface area contributed by atoms with Crippen LogP contribution in [0.2, 0.25) is 0 Å². The Bertz CT molecular complexity index is 521. The van der Waals surface area contributed by atoms with E-state index >= 15 is 0 Å². The maximum absolute atomic E-state index is 6.12. The van der Waals surface area contributed by atoms with Gasteiger partial charge in [-0.05, 0) is 58.4 Å². The highest BCUT2D eigenvalue weighted by Crippen LogP contribution is 2.32. The predicted octanol–water partition coefficient (Wildman–Crippen LogP) is 3.02. The molecule has 3 nitrogen and oxygen atoms in total. The molecule has 1 saturated heterocycles. The van der Waals surface area contributed by atoms with Gasteiger partial charge in [-0.15, -0.1) is 0 Å². The van der Waals surface area contributed by atoms with Gasteiger partial charge in [-0.25, -0.2) is 0 Å². The van der Waals surface area contributed by atoms with Crippen LogP contribution in [0.5, 0.6) is 0 Å². The molecule has 1 fully saturated rings. The van der Waals surface area contributed by atoms with E-state index in [0.717, 1.165) is 24.2 Å². The highest BCUT2D eigenvalue weighted by molar-refractivity contribution is 7.80. The average Bonchev–Trinajstić information content (AvgIpc) is 2.23. The van der Waals surface area contributed by atoms with E-state index in [-0.39, 0.29) is 11.2 Å². The molecule has 0 radical (unpaired) electrons. The maximum atomic E-state index is 6.12. The first-order chi connectivity index (χ1) is 9.10. The molecular formula is C16H24N2OS. The number of thiocarbonyl (C=S) groups is 1. The van der Waals surface area contributed by atoms with Crippen LogP contribution in [0.25, 0.3) is 0 Å². The number of rotatable bonds is 2. The third-order valence-electron chi connectivity index (χ3n) is 3.54. The maximum Gasteiger partial charge on any atom is 0.104 e. The summed E-state index contributed by atoms with van der Waals surface area (Å²) in [6, 6.07) is 6.27. The third-order valence-corrected chi connectivity index (χ3v) is 3.76. The largest absolute Gasteiger partial charge is 0.389 e. The number of morpholine rings is 1. The van der Waals surface area contributed by atoms with Gasteiger partial charge in [0.1, 0.15) is 4.99 Å². The number of hydrogen-bond acceptors (Lipinski definition) is 3. The van der Waals surface area contributed by atoms with Crippen LogP contribution in [-0.4, -0.2) is 29.3 Å². The van der Waals surface area contributed by atoms with Crippen LogP contribution < -0.4 is 10.6 Å². The lowest BCUT2D eigenvalue weighted by atomic mass is 9.97. The Balaban J connectivity index is 2.32. The highest BCUT2D eigenvalue weighted by atomic mass is 32.1. The van der Waals surface area contributed by atoms with Crippen LogP contribution in [0.1, 0.15) is 38.8 Å². The van der Waals surface area contributed by atoms with Gasteiger partial charge in [0.2, 0.25) is 0 Å². The van der Waals surface area contributed by atoms with Crippen LogP contribution in [0.4, 0.5) is 5.69 Å². The van der Waals surface area contributed by atoms with E-state index in [0.29, 0.717) is 4.99 Å². The summed E-state index contributed by atoms with van der Waals surface area (Å²) in [6.45, 7) is 12.3. The molecule has 1 aromatic rings. The monoisotopic (exact) mass is 292 g/mol. The molecule has 0 bridgehead atoms. The summed E-state index contributed by atoms with van der Waals surface area (Å²) in [5.41, 5.74) is 8.69. The van der Waals surface area contributed by atoms with Crippen LogP contribution in [-0.2, 0) is 4.74 Å². The number of benzene rings is 1. The molecular weight excluding hydrogens is 268 g/mol. The number of anilines is 1. The number of nitrogens with two attached hydrogens (primary N) is 1. The first kappa shape index (κ1) is 15.3. The van der Waals surface area contributed by atoms with Crippen molar-refractivity contribution in [2.24, 2.45) is 5.73 Å². The quantitative estimate of drug-likeness (QED) is 0.850. The summed E-state index contributed by atoms with van der Waals surface area (Å²) in [6.07, 6.45) is 0. The van der Waals surface area contributed by atoms with Crippen LogP contribution >= 0.6 is 12.2 Å². The Morgan fingerprint density at radius 3 is 2.20 bits per heavy atom. The molecule has 20 heavy (non-hydrogen) atoms. The van der Waals surface area contributed by atoms with Gasteiger partial charge >= 0.3 is 0 Å². The van der Waals surface area contributed by atoms with Gasteiger partial charge in [0.15, 0.2) is 0 Å². The molecule has 2 rings (SSSR count). The molecule has 0 saturated carbocycles. The summed E-state index contributed by atoms with van der Waals surface area (Å²) in [5.74, 6) is 0. The molecule has 0 atom stereocenters. The molecule has 2 N–H and O–H groups in total. The first-order valence-corrected chi connectivity index (χ1v) is 7.36. The second-order valence-corrected chi connectivity index (χ2v) is 7.28. The standard InChI is InChI=1S/C16H24N2OS/c1-11-8-12(6-7-13(11)14(17)20)18-9-15(2,3)19-16(4,5)10-18/h6-8H,9-10H2,1-5H3,(H2,17,20). The van der Waals surface area contributed by atoms with Gasteiger partial charge < -0.3 is 15.4 Å². The van der Waals surface area contributed by atoms with Crippen molar-refractivity contribution in [1.29, 1.82) is 0 Å². The van der Waals surface area contributed by atoms with Crippen molar-refractivity contribution in [3.05, 3.63) is 29.3 Å². The zero-order valence-electron chi connectivity index (χ0n) is 13.0. The van der Waals surface area contributed by atoms with Gasteiger partial charge in [0, 0.05) is 24.3 Å². The minimum atomic E-state index is -0.155. The smallest absolute Gasteiger partial charge is 0.104 e. The average molecular weight is 292 g/mol. The van der Waals surface area contributed by atoms with Gasteiger partial charge in [0.05, 0.1) is 11.2 Å². The fraction of sp³-hybridized carbons (Fsp3) is 0.562. The van der Waals surface area contributed by atoms with E-state index in [1.54, 1.807) is 0 Å². The molecule has 1 aliphatic rings. The number of aryl methyl sites for hydroxylation is 1. The summed E-state index contributed by atoms with van der Waals surface area (Å²) in [4.78, 5) is 2.83. The van der Waals surface area contributed by atoms with E-state index in [1.807, 2.05) is 6.07 Å². The summed E-state index contributed by atoms with van der Waals surface area (Å²) >= 11 is 5.07. The van der Waals surface area contributed by atoms with Crippen molar-refractivity contribution < 1.29 is 4.74 Å². The summed E-state index contributed by atoms with van der Waals surface area (Å²) < 4.78 is 6.12. The zero-order chi connectivity index (χ0) is 15.1. The van der Waals surface area contributed by atoms with Crippen molar-refractivity contribution in [2.75, 3.05) is 18.0 Å². The van der Waals surface area contributed by atoms with Crippen molar-refractivity contribution >= 4 is 22.9 Å². The zero-order valence-corrected chi connectivity index (χ0v) is 13.8. The highest BCUT2D eigenvalue weighted by Gasteiger charge is 2.38. The summed E-state index contributed by atoms with van der Waals surface area (Å²) in [7, 11) is 0. The molecule has 1 aromatic carbocycles. The van der Waals surface area contributed by atoms with Crippen LogP contribution in [0, 0.1) is 6.92 Å². The molecule has 0 aromatic heterocycles. The fourth-order valence-corrected chi connectivity index (χ4v) is 3.32. The Hall–Kier alpha value is -1.13. The molecule has 1 aliphatic heterocycles. The number of nitrogens with zero attached hydrogens (tertiary/aromatic N) is 1. The normalized spacial score (nSPS) is 20.8. The molecule has 0 amide bonds. The van der Waals surface area contributed by atoms with E-state index in [2.05, 4.69) is 51.7 Å². The van der Waals surface area contributed by atoms with Crippen LogP contribution in [0.15, 0.2) is 18.2 Å². The second-order valence-electron chi connectivity index (χ2n) is 6.84. The number of ether oxygens (including phenoxy) is 1. The van der Waals surface area contributed by atoms with Crippen molar-refractivity contribution in [3.63, 3.8) is 0 Å². The van der Waals surface area contributed by atoms with Crippen molar-refractivity contribution in [3.8, 4) is 0 Å². The van der Waals surface area contributed by atoms with E-state index < -0.39 is 0 Å². The van der Waals surface area contributed by atoms with Gasteiger partial charge in [0.25, 0.3) is 0 Å². The Kier molecular flexibility index (Phi) is 3.82. The molecule has 0 spiro atoms. The third kappa shape index (κ3) is 3.30. The molecule has 0 unspecified atom stereocenters. The Morgan fingerprint density at radius 2 is 1.75 bits per heavy atom. The summed E-state index contributed by atoms with van der Waals surface area (Å²) in [5, 5.41) is 0. The number of hydrogen-bond donors (Lipinski definition) is 1. The lowest BCUT2D eigenvalue weighted by Gasteiger charge is -2.48. The molecule has 4 heteroatoms. The lowest BCUT2D eigenvalue weighted by Crippen LogP contribution is -2.57. The van der Waals surface area contributed by atoms with E-state index in [1.165, 1.54) is 5.69 Å². The van der Waals surface area contributed by atoms with Gasteiger partial charge in [-0.3, -0.25) is 0 Å². The Labute approximate surface area is 127 Å². The predicted molar refractivity (Wildman–Crippen MR) is 88.5 cm³/mol. The molecule has 1 heterocycles. The Morgan fingerprint density at radius 1 is 1.20 bits per heavy atom. The van der Waals surface area contributed by atoms with Crippen molar-refractivity contribution in [1.82, 2.24) is 0 Å². The topological polar surface area (TPSA) is 38.5 Å². The van der Waals surface area contributed by atoms with Gasteiger partial charge in [-0.2, -0.15) is 0 Å². The van der Waals surface area contributed by atoms with Crippen molar-refractivity contribution in [2.45, 2.75) is 45.8 Å². The lowest BCUT2D eigenvalue weighted by molar-refractivity contribution is -0.133. The SMILES string of the molecule is Cc1cc(N2CC(C)(C)OC(C)(C)C2)ccc1C(N)=S. The molecule has 0 aliphatic carbocycles. The first-order valence-electron chi connectivity index (χ1n) is 6.95. The second kappa shape index (κ2) is 5.01.